The molecule has 0 bridgehead atoms. The third-order valence-electron chi connectivity index (χ3n) is 5.35. The molecule has 1 aromatic carbocycles. The van der Waals surface area contributed by atoms with Gasteiger partial charge in [-0.1, -0.05) is 0 Å². The molecule has 2 amide bonds. The molecule has 7 nitrogen and oxygen atoms in total. The minimum atomic E-state index is -0.294. The van der Waals surface area contributed by atoms with Crippen molar-refractivity contribution >= 4 is 17.5 Å². The first-order valence-electron chi connectivity index (χ1n) is 9.39. The van der Waals surface area contributed by atoms with Gasteiger partial charge in [-0.15, -0.1) is 0 Å². The highest BCUT2D eigenvalue weighted by Gasteiger charge is 2.35. The van der Waals surface area contributed by atoms with E-state index >= 15 is 0 Å². The van der Waals surface area contributed by atoms with E-state index in [0.717, 1.165) is 25.2 Å². The highest BCUT2D eigenvalue weighted by molar-refractivity contribution is 6.00. The number of rotatable bonds is 5. The van der Waals surface area contributed by atoms with Gasteiger partial charge in [0.2, 0.25) is 11.8 Å². The molecule has 0 aliphatic carbocycles. The highest BCUT2D eigenvalue weighted by atomic mass is 16.6. The second-order valence-corrected chi connectivity index (χ2v) is 7.17. The Morgan fingerprint density at radius 3 is 2.92 bits per heavy atom. The number of nitrogens with one attached hydrogen (secondary N) is 2. The Labute approximate surface area is 153 Å². The van der Waals surface area contributed by atoms with E-state index in [1.165, 1.54) is 6.42 Å². The summed E-state index contributed by atoms with van der Waals surface area (Å²) >= 11 is 0. The van der Waals surface area contributed by atoms with Gasteiger partial charge >= 0.3 is 0 Å². The molecule has 0 aromatic heterocycles. The molecule has 2 N–H and O–H groups in total. The molecule has 3 aliphatic rings. The maximum Gasteiger partial charge on any atom is 0.227 e. The summed E-state index contributed by atoms with van der Waals surface area (Å²) in [5, 5.41) is 6.34. The first kappa shape index (κ1) is 17.1. The van der Waals surface area contributed by atoms with Crippen LogP contribution in [0.5, 0.6) is 11.5 Å². The third kappa shape index (κ3) is 3.62. The first-order valence-corrected chi connectivity index (χ1v) is 9.39. The van der Waals surface area contributed by atoms with Crippen molar-refractivity contribution in [3.8, 4) is 11.5 Å². The number of fused-ring (bicyclic) bond motifs is 1. The maximum atomic E-state index is 12.4. The molecule has 2 fully saturated rings. The number of amides is 2. The summed E-state index contributed by atoms with van der Waals surface area (Å²) < 4.78 is 11.1. The summed E-state index contributed by atoms with van der Waals surface area (Å²) in [4.78, 5) is 26.5. The summed E-state index contributed by atoms with van der Waals surface area (Å²) in [6, 6.07) is 5.48. The van der Waals surface area contributed by atoms with Crippen molar-refractivity contribution in [3.05, 3.63) is 18.2 Å². The molecule has 0 radical (unpaired) electrons. The van der Waals surface area contributed by atoms with E-state index in [-0.39, 0.29) is 24.2 Å². The first-order chi connectivity index (χ1) is 12.7. The molecule has 4 rings (SSSR count). The predicted molar refractivity (Wildman–Crippen MR) is 96.5 cm³/mol. The van der Waals surface area contributed by atoms with Crippen LogP contribution in [0, 0.1) is 11.8 Å². The van der Waals surface area contributed by atoms with Crippen LogP contribution < -0.4 is 25.0 Å². The Balaban J connectivity index is 1.33. The van der Waals surface area contributed by atoms with Crippen molar-refractivity contribution < 1.29 is 19.1 Å². The second kappa shape index (κ2) is 7.53. The SMILES string of the molecule is O=C(NCCC1CCNC1)C1CC(=O)N(c2ccc3c(c2)OCCO3)C1. The average molecular weight is 359 g/mol. The van der Waals surface area contributed by atoms with Crippen LogP contribution in [-0.2, 0) is 9.59 Å². The van der Waals surface area contributed by atoms with Gasteiger partial charge in [0.05, 0.1) is 5.92 Å². The Morgan fingerprint density at radius 1 is 1.27 bits per heavy atom. The van der Waals surface area contributed by atoms with Gasteiger partial charge in [0.1, 0.15) is 13.2 Å². The standard InChI is InChI=1S/C19H25N3O4/c23-18-9-14(19(24)21-6-4-13-3-5-20-11-13)12-22(18)15-1-2-16-17(10-15)26-8-7-25-16/h1-2,10,13-14,20H,3-9,11-12H2,(H,21,24). The zero-order valence-electron chi connectivity index (χ0n) is 14.8. The van der Waals surface area contributed by atoms with Gasteiger partial charge in [0.15, 0.2) is 11.5 Å². The number of nitrogens with zero attached hydrogens (tertiary/aromatic N) is 1. The number of anilines is 1. The minimum Gasteiger partial charge on any atom is -0.486 e. The Morgan fingerprint density at radius 2 is 2.12 bits per heavy atom. The van der Waals surface area contributed by atoms with E-state index in [4.69, 9.17) is 9.47 Å². The lowest BCUT2D eigenvalue weighted by Crippen LogP contribution is -2.34. The summed E-state index contributed by atoms with van der Waals surface area (Å²) in [5.74, 6) is 1.65. The van der Waals surface area contributed by atoms with Crippen molar-refractivity contribution in [1.29, 1.82) is 0 Å². The quantitative estimate of drug-likeness (QED) is 0.818. The fourth-order valence-corrected chi connectivity index (χ4v) is 3.84. The topological polar surface area (TPSA) is 79.9 Å². The van der Waals surface area contributed by atoms with Gasteiger partial charge in [-0.3, -0.25) is 9.59 Å². The van der Waals surface area contributed by atoms with Crippen molar-refractivity contribution in [1.82, 2.24) is 10.6 Å². The number of carbonyl (C=O) groups is 2. The van der Waals surface area contributed by atoms with Crippen molar-refractivity contribution in [2.75, 3.05) is 44.3 Å². The maximum absolute atomic E-state index is 12.4. The van der Waals surface area contributed by atoms with E-state index < -0.39 is 0 Å². The molecule has 3 heterocycles. The fraction of sp³-hybridized carbons (Fsp3) is 0.579. The van der Waals surface area contributed by atoms with Crippen LogP contribution in [0.4, 0.5) is 5.69 Å². The molecule has 140 valence electrons. The molecule has 7 heteroatoms. The van der Waals surface area contributed by atoms with E-state index in [1.54, 1.807) is 4.90 Å². The lowest BCUT2D eigenvalue weighted by atomic mass is 10.0. The van der Waals surface area contributed by atoms with Gasteiger partial charge in [-0.25, -0.2) is 0 Å². The van der Waals surface area contributed by atoms with Crippen LogP contribution >= 0.6 is 0 Å². The predicted octanol–water partition coefficient (Wildman–Crippen LogP) is 0.926. The molecular formula is C19H25N3O4. The Hall–Kier alpha value is -2.28. The minimum absolute atomic E-state index is 0.0238. The van der Waals surface area contributed by atoms with Gasteiger partial charge in [-0.05, 0) is 44.0 Å². The lowest BCUT2D eigenvalue weighted by Gasteiger charge is -2.22. The number of hydrogen-bond acceptors (Lipinski definition) is 5. The second-order valence-electron chi connectivity index (χ2n) is 7.17. The molecule has 0 saturated carbocycles. The molecule has 1 aromatic rings. The summed E-state index contributed by atoms with van der Waals surface area (Å²) in [6.07, 6.45) is 2.42. The lowest BCUT2D eigenvalue weighted by molar-refractivity contribution is -0.126. The van der Waals surface area contributed by atoms with Crippen LogP contribution in [0.25, 0.3) is 0 Å². The van der Waals surface area contributed by atoms with Crippen molar-refractivity contribution in [2.45, 2.75) is 19.3 Å². The van der Waals surface area contributed by atoms with Crippen LogP contribution in [-0.4, -0.2) is 51.2 Å². The zero-order chi connectivity index (χ0) is 17.9. The average Bonchev–Trinajstić information content (AvgIpc) is 3.31. The third-order valence-corrected chi connectivity index (χ3v) is 5.35. The fourth-order valence-electron chi connectivity index (χ4n) is 3.84. The van der Waals surface area contributed by atoms with Crippen LogP contribution in [0.2, 0.25) is 0 Å². The van der Waals surface area contributed by atoms with Crippen LogP contribution in [0.1, 0.15) is 19.3 Å². The van der Waals surface area contributed by atoms with Crippen molar-refractivity contribution in [3.63, 3.8) is 0 Å². The van der Waals surface area contributed by atoms with E-state index in [9.17, 15) is 9.59 Å². The number of benzene rings is 1. The monoisotopic (exact) mass is 359 g/mol. The van der Waals surface area contributed by atoms with Gasteiger partial charge in [0, 0.05) is 31.3 Å². The van der Waals surface area contributed by atoms with Gasteiger partial charge < -0.3 is 25.0 Å². The van der Waals surface area contributed by atoms with Gasteiger partial charge in [0.25, 0.3) is 0 Å². The Kier molecular flexibility index (Phi) is 4.97. The smallest absolute Gasteiger partial charge is 0.227 e. The summed E-state index contributed by atoms with van der Waals surface area (Å²) in [7, 11) is 0. The summed E-state index contributed by atoms with van der Waals surface area (Å²) in [6.45, 7) is 4.24. The molecule has 2 atom stereocenters. The molecule has 0 spiro atoms. The van der Waals surface area contributed by atoms with Crippen molar-refractivity contribution in [2.24, 2.45) is 11.8 Å². The molecule has 3 aliphatic heterocycles. The molecule has 2 unspecified atom stereocenters. The number of ether oxygens (including phenoxy) is 2. The van der Waals surface area contributed by atoms with E-state index in [1.807, 2.05) is 18.2 Å². The van der Waals surface area contributed by atoms with Crippen LogP contribution in [0.15, 0.2) is 18.2 Å². The molecule has 2 saturated heterocycles. The largest absolute Gasteiger partial charge is 0.486 e. The van der Waals surface area contributed by atoms with E-state index in [0.29, 0.717) is 43.7 Å². The van der Waals surface area contributed by atoms with Gasteiger partial charge in [-0.2, -0.15) is 0 Å². The molecular weight excluding hydrogens is 334 g/mol. The van der Waals surface area contributed by atoms with Crippen LogP contribution in [0.3, 0.4) is 0 Å². The zero-order valence-corrected chi connectivity index (χ0v) is 14.8. The highest BCUT2D eigenvalue weighted by Crippen LogP contribution is 2.35. The number of carbonyl (C=O) groups excluding carboxylic acids is 2. The number of hydrogen-bond donors (Lipinski definition) is 2. The molecule has 26 heavy (non-hydrogen) atoms. The Bertz CT molecular complexity index is 687. The normalized spacial score (nSPS) is 24.8. The van der Waals surface area contributed by atoms with E-state index in [2.05, 4.69) is 10.6 Å². The summed E-state index contributed by atoms with van der Waals surface area (Å²) in [5.41, 5.74) is 0.756.